The Kier molecular flexibility index (Phi) is 7.48. The first-order valence-corrected chi connectivity index (χ1v) is 10.3. The van der Waals surface area contributed by atoms with Crippen LogP contribution < -0.4 is 16.0 Å². The molecule has 3 aromatic rings. The molecule has 0 heterocycles. The number of amides is 1. The normalized spacial score (nSPS) is 11.8. The van der Waals surface area contributed by atoms with Gasteiger partial charge in [-0.15, -0.1) is 0 Å². The zero-order chi connectivity index (χ0) is 24.9. The minimum atomic E-state index is -4.79. The van der Waals surface area contributed by atoms with E-state index in [1.165, 1.54) is 24.3 Å². The molecule has 3 aromatic carbocycles. The number of carbonyl (C=O) groups excluding carboxylic acids is 1. The molecule has 10 heteroatoms. The maximum atomic E-state index is 13.8. The van der Waals surface area contributed by atoms with E-state index in [-0.39, 0.29) is 22.4 Å². The van der Waals surface area contributed by atoms with E-state index in [0.29, 0.717) is 5.56 Å². The molecule has 0 aliphatic heterocycles. The van der Waals surface area contributed by atoms with Crippen molar-refractivity contribution in [1.82, 2.24) is 5.32 Å². The van der Waals surface area contributed by atoms with E-state index in [9.17, 15) is 22.4 Å². The van der Waals surface area contributed by atoms with Crippen molar-refractivity contribution in [3.63, 3.8) is 0 Å². The van der Waals surface area contributed by atoms with Crippen molar-refractivity contribution in [2.45, 2.75) is 19.1 Å². The first-order valence-electron chi connectivity index (χ1n) is 9.93. The number of anilines is 2. The van der Waals surface area contributed by atoms with Gasteiger partial charge in [-0.05, 0) is 67.2 Å². The van der Waals surface area contributed by atoms with Gasteiger partial charge in [-0.2, -0.15) is 18.4 Å². The molecule has 174 valence electrons. The van der Waals surface area contributed by atoms with E-state index in [4.69, 9.17) is 17.5 Å². The van der Waals surface area contributed by atoms with Crippen molar-refractivity contribution in [3.8, 4) is 6.07 Å². The first-order chi connectivity index (χ1) is 16.1. The highest BCUT2D eigenvalue weighted by Crippen LogP contribution is 2.37. The lowest BCUT2D eigenvalue weighted by atomic mass is 10.1. The lowest BCUT2D eigenvalue weighted by Gasteiger charge is -2.19. The van der Waals surface area contributed by atoms with Gasteiger partial charge < -0.3 is 16.0 Å². The molecule has 0 bridgehead atoms. The van der Waals surface area contributed by atoms with Crippen LogP contribution in [0.3, 0.4) is 0 Å². The molecule has 0 aliphatic rings. The van der Waals surface area contributed by atoms with E-state index < -0.39 is 29.2 Å². The molecule has 3 rings (SSSR count). The van der Waals surface area contributed by atoms with Crippen molar-refractivity contribution in [2.24, 2.45) is 0 Å². The summed E-state index contributed by atoms with van der Waals surface area (Å²) in [7, 11) is 0. The number of hydrogen-bond acceptors (Lipinski definition) is 3. The van der Waals surface area contributed by atoms with Crippen molar-refractivity contribution in [3.05, 3.63) is 94.8 Å². The van der Waals surface area contributed by atoms with Gasteiger partial charge in [-0.3, -0.25) is 4.79 Å². The number of hydrogen-bond donors (Lipinski definition) is 3. The van der Waals surface area contributed by atoms with Crippen LogP contribution in [-0.4, -0.2) is 11.0 Å². The quantitative estimate of drug-likeness (QED) is 0.304. The molecule has 3 N–H and O–H groups in total. The highest BCUT2D eigenvalue weighted by atomic mass is 32.1. The Hall–Kier alpha value is -3.97. The van der Waals surface area contributed by atoms with Gasteiger partial charge in [0.25, 0.3) is 5.91 Å². The molecule has 1 atom stereocenters. The van der Waals surface area contributed by atoms with Crippen LogP contribution in [0.2, 0.25) is 0 Å². The highest BCUT2D eigenvalue weighted by molar-refractivity contribution is 7.80. The van der Waals surface area contributed by atoms with E-state index in [2.05, 4.69) is 16.0 Å². The summed E-state index contributed by atoms with van der Waals surface area (Å²) in [5.41, 5.74) is -0.647. The molecule has 0 saturated carbocycles. The van der Waals surface area contributed by atoms with Crippen LogP contribution >= 0.6 is 12.2 Å². The molecular weight excluding hydrogens is 468 g/mol. The molecule has 0 spiro atoms. The number of nitrogens with one attached hydrogen (secondary N) is 3. The lowest BCUT2D eigenvalue weighted by Crippen LogP contribution is -2.31. The van der Waals surface area contributed by atoms with Gasteiger partial charge in [0.2, 0.25) is 0 Å². The number of halogens is 4. The van der Waals surface area contributed by atoms with Gasteiger partial charge in [-0.25, -0.2) is 4.39 Å². The number of rotatable bonds is 5. The molecular formula is C24H18F4N4OS. The molecule has 0 aliphatic carbocycles. The van der Waals surface area contributed by atoms with Gasteiger partial charge >= 0.3 is 6.18 Å². The Labute approximate surface area is 198 Å². The standard InChI is InChI=1S/C24H18F4N4OS/c1-14(16-8-6-15(13-29)7-9-16)30-23(34)31-17-10-11-21(19(12-17)24(26,27)28)32-22(33)18-4-2-3-5-20(18)25/h2-12,14H,1H3,(H,32,33)(H2,30,31,34). The van der Waals surface area contributed by atoms with Gasteiger partial charge in [0.1, 0.15) is 5.82 Å². The summed E-state index contributed by atoms with van der Waals surface area (Å²) in [5, 5.41) is 16.7. The second-order valence-electron chi connectivity index (χ2n) is 7.25. The third kappa shape index (κ3) is 6.08. The zero-order valence-electron chi connectivity index (χ0n) is 17.7. The molecule has 34 heavy (non-hydrogen) atoms. The molecule has 1 amide bonds. The maximum absolute atomic E-state index is 13.8. The van der Waals surface area contributed by atoms with E-state index in [1.807, 2.05) is 6.07 Å². The average molecular weight is 486 g/mol. The highest BCUT2D eigenvalue weighted by Gasteiger charge is 2.34. The number of carbonyl (C=O) groups is 1. The average Bonchev–Trinajstić information content (AvgIpc) is 2.79. The van der Waals surface area contributed by atoms with Crippen molar-refractivity contribution < 1.29 is 22.4 Å². The number of nitrogens with zero attached hydrogens (tertiary/aromatic N) is 1. The third-order valence-corrected chi connectivity index (χ3v) is 5.06. The number of nitriles is 1. The second-order valence-corrected chi connectivity index (χ2v) is 7.65. The smallest absolute Gasteiger partial charge is 0.356 e. The summed E-state index contributed by atoms with van der Waals surface area (Å²) in [5.74, 6) is -1.85. The maximum Gasteiger partial charge on any atom is 0.418 e. The van der Waals surface area contributed by atoms with E-state index in [0.717, 1.165) is 23.8 Å². The summed E-state index contributed by atoms with van der Waals surface area (Å²) in [6, 6.07) is 16.7. The summed E-state index contributed by atoms with van der Waals surface area (Å²) in [6.45, 7) is 1.80. The number of alkyl halides is 3. The monoisotopic (exact) mass is 486 g/mol. The SMILES string of the molecule is CC(NC(=S)Nc1ccc(NC(=O)c2ccccc2F)c(C(F)(F)F)c1)c1ccc(C#N)cc1. The summed E-state index contributed by atoms with van der Waals surface area (Å²) >= 11 is 5.21. The van der Waals surface area contributed by atoms with Crippen LogP contribution in [0.1, 0.15) is 40.0 Å². The summed E-state index contributed by atoms with van der Waals surface area (Å²) < 4.78 is 54.8. The zero-order valence-corrected chi connectivity index (χ0v) is 18.5. The lowest BCUT2D eigenvalue weighted by molar-refractivity contribution is -0.136. The van der Waals surface area contributed by atoms with Crippen molar-refractivity contribution >= 4 is 34.6 Å². The fraction of sp³-hybridized carbons (Fsp3) is 0.125. The fourth-order valence-corrected chi connectivity index (χ4v) is 3.39. The van der Waals surface area contributed by atoms with Crippen molar-refractivity contribution in [1.29, 1.82) is 5.26 Å². The fourth-order valence-electron chi connectivity index (χ4n) is 3.09. The minimum Gasteiger partial charge on any atom is -0.356 e. The predicted molar refractivity (Wildman–Crippen MR) is 125 cm³/mol. The van der Waals surface area contributed by atoms with Gasteiger partial charge in [0, 0.05) is 5.69 Å². The molecule has 0 aromatic heterocycles. The van der Waals surface area contributed by atoms with Crippen LogP contribution in [0.4, 0.5) is 28.9 Å². The second kappa shape index (κ2) is 10.3. The Morgan fingerprint density at radius 3 is 2.32 bits per heavy atom. The van der Waals surface area contributed by atoms with Crippen molar-refractivity contribution in [2.75, 3.05) is 10.6 Å². The largest absolute Gasteiger partial charge is 0.418 e. The van der Waals surface area contributed by atoms with Crippen LogP contribution in [0.15, 0.2) is 66.7 Å². The summed E-state index contributed by atoms with van der Waals surface area (Å²) in [6.07, 6.45) is -4.79. The number of benzene rings is 3. The van der Waals surface area contributed by atoms with Gasteiger partial charge in [0.05, 0.1) is 34.5 Å². The molecule has 5 nitrogen and oxygen atoms in total. The van der Waals surface area contributed by atoms with E-state index in [1.54, 1.807) is 31.2 Å². The Morgan fingerprint density at radius 1 is 1.03 bits per heavy atom. The Bertz CT molecular complexity index is 1250. The van der Waals surface area contributed by atoms with Crippen LogP contribution in [0, 0.1) is 17.1 Å². The third-order valence-electron chi connectivity index (χ3n) is 4.84. The predicted octanol–water partition coefficient (Wildman–Crippen LogP) is 6.02. The summed E-state index contributed by atoms with van der Waals surface area (Å²) in [4.78, 5) is 12.3. The topological polar surface area (TPSA) is 76.9 Å². The minimum absolute atomic E-state index is 0.0424. The van der Waals surface area contributed by atoms with Gasteiger partial charge in [-0.1, -0.05) is 24.3 Å². The van der Waals surface area contributed by atoms with Gasteiger partial charge in [0.15, 0.2) is 5.11 Å². The molecule has 0 fully saturated rings. The van der Waals surface area contributed by atoms with Crippen LogP contribution in [0.5, 0.6) is 0 Å². The van der Waals surface area contributed by atoms with Crippen LogP contribution in [-0.2, 0) is 6.18 Å². The molecule has 1 unspecified atom stereocenters. The Balaban J connectivity index is 1.75. The molecule has 0 radical (unpaired) electrons. The first kappa shape index (κ1) is 24.7. The van der Waals surface area contributed by atoms with Crippen LogP contribution in [0.25, 0.3) is 0 Å². The number of thiocarbonyl (C=S) groups is 1. The van der Waals surface area contributed by atoms with E-state index >= 15 is 0 Å². The Morgan fingerprint density at radius 2 is 1.71 bits per heavy atom. The molecule has 0 saturated heterocycles.